The van der Waals surface area contributed by atoms with Crippen molar-refractivity contribution in [2.75, 3.05) is 0 Å². The molecule has 2 aliphatic carbocycles. The first kappa shape index (κ1) is 17.5. The zero-order valence-electron chi connectivity index (χ0n) is 16.1. The molecule has 2 aromatic rings. The molecule has 136 valence electrons. The van der Waals surface area contributed by atoms with Crippen LogP contribution in [0.2, 0.25) is 0 Å². The van der Waals surface area contributed by atoms with Crippen molar-refractivity contribution >= 4 is 5.78 Å². The van der Waals surface area contributed by atoms with Crippen LogP contribution in [-0.2, 0) is 4.79 Å². The summed E-state index contributed by atoms with van der Waals surface area (Å²) in [7, 11) is 0. The first-order valence-corrected chi connectivity index (χ1v) is 10.2. The number of Topliss-reactive ketones (excluding diaryl/α,β-unsaturated/α-hetero) is 1. The van der Waals surface area contributed by atoms with Crippen LogP contribution in [0.25, 0.3) is 0 Å². The first-order chi connectivity index (χ1) is 12.6. The Kier molecular flexibility index (Phi) is 4.98. The van der Waals surface area contributed by atoms with Gasteiger partial charge in [-0.05, 0) is 74.3 Å². The molecular formula is C25H30O. The van der Waals surface area contributed by atoms with Crippen molar-refractivity contribution in [1.82, 2.24) is 0 Å². The number of benzene rings is 2. The Balaban J connectivity index is 1.47. The van der Waals surface area contributed by atoms with Crippen LogP contribution in [0.5, 0.6) is 0 Å². The molecule has 26 heavy (non-hydrogen) atoms. The molecule has 2 aliphatic rings. The zero-order valence-corrected chi connectivity index (χ0v) is 16.1. The molecule has 0 spiro atoms. The molecule has 0 bridgehead atoms. The fourth-order valence-electron chi connectivity index (χ4n) is 4.49. The molecule has 0 N–H and O–H groups in total. The van der Waals surface area contributed by atoms with Crippen LogP contribution >= 0.6 is 0 Å². The van der Waals surface area contributed by atoms with E-state index in [9.17, 15) is 4.79 Å². The highest BCUT2D eigenvalue weighted by atomic mass is 16.1. The lowest BCUT2D eigenvalue weighted by atomic mass is 9.83. The largest absolute Gasteiger partial charge is 0.300 e. The van der Waals surface area contributed by atoms with Crippen LogP contribution in [0.3, 0.4) is 0 Å². The van der Waals surface area contributed by atoms with Gasteiger partial charge in [0.1, 0.15) is 5.78 Å². The Labute approximate surface area is 157 Å². The number of ketones is 1. The first-order valence-electron chi connectivity index (χ1n) is 10.2. The number of rotatable bonds is 8. The van der Waals surface area contributed by atoms with E-state index in [0.717, 1.165) is 24.7 Å². The van der Waals surface area contributed by atoms with E-state index in [1.165, 1.54) is 47.9 Å². The third-order valence-corrected chi connectivity index (χ3v) is 6.22. The van der Waals surface area contributed by atoms with Gasteiger partial charge < -0.3 is 0 Å². The van der Waals surface area contributed by atoms with Crippen LogP contribution in [-0.4, -0.2) is 5.78 Å². The van der Waals surface area contributed by atoms with E-state index in [1.807, 2.05) is 0 Å². The van der Waals surface area contributed by atoms with E-state index in [4.69, 9.17) is 0 Å². The van der Waals surface area contributed by atoms with Crippen molar-refractivity contribution in [3.8, 4) is 0 Å². The van der Waals surface area contributed by atoms with Crippen LogP contribution in [0, 0.1) is 25.7 Å². The molecule has 4 rings (SSSR count). The van der Waals surface area contributed by atoms with E-state index in [1.54, 1.807) is 0 Å². The minimum Gasteiger partial charge on any atom is -0.300 e. The average Bonchev–Trinajstić information content (AvgIpc) is 3.51. The summed E-state index contributed by atoms with van der Waals surface area (Å²) in [5.74, 6) is 2.76. The summed E-state index contributed by atoms with van der Waals surface area (Å²) < 4.78 is 0. The third kappa shape index (κ3) is 4.26. The van der Waals surface area contributed by atoms with Gasteiger partial charge in [-0.25, -0.2) is 0 Å². The van der Waals surface area contributed by atoms with Gasteiger partial charge in [-0.15, -0.1) is 0 Å². The highest BCUT2D eigenvalue weighted by Crippen LogP contribution is 2.47. The van der Waals surface area contributed by atoms with Gasteiger partial charge in [-0.3, -0.25) is 4.79 Å². The fraction of sp³-hybridized carbons (Fsp3) is 0.480. The number of aryl methyl sites for hydroxylation is 2. The smallest absolute Gasteiger partial charge is 0.134 e. The summed E-state index contributed by atoms with van der Waals surface area (Å²) in [6.45, 7) is 4.30. The summed E-state index contributed by atoms with van der Waals surface area (Å²) in [5, 5.41) is 0. The van der Waals surface area contributed by atoms with E-state index in [0.29, 0.717) is 17.6 Å². The summed E-state index contributed by atoms with van der Waals surface area (Å²) in [4.78, 5) is 13.0. The molecule has 2 atom stereocenters. The topological polar surface area (TPSA) is 17.1 Å². The molecule has 2 aromatic carbocycles. The molecule has 0 unspecified atom stereocenters. The number of carbonyl (C=O) groups excluding carboxylic acids is 1. The molecule has 0 heterocycles. The number of carbonyl (C=O) groups is 1. The van der Waals surface area contributed by atoms with Crippen LogP contribution in [0.1, 0.15) is 72.6 Å². The van der Waals surface area contributed by atoms with Crippen molar-refractivity contribution in [3.63, 3.8) is 0 Å². The van der Waals surface area contributed by atoms with E-state index in [-0.39, 0.29) is 0 Å². The molecule has 2 saturated carbocycles. The number of hydrogen-bond acceptors (Lipinski definition) is 1. The fourth-order valence-corrected chi connectivity index (χ4v) is 4.49. The van der Waals surface area contributed by atoms with E-state index in [2.05, 4.69) is 62.4 Å². The quantitative estimate of drug-likeness (QED) is 0.545. The standard InChI is InChI=1S/C25H30O/c1-17-5-3-7-21(13-17)24(19-9-10-19)15-23(26)16-25(20-11-12-20)22-8-4-6-18(2)14-22/h3-8,13-14,19-20,24-25H,9-12,15-16H2,1-2H3/t24-,25-/m1/s1. The summed E-state index contributed by atoms with van der Waals surface area (Å²) in [6, 6.07) is 17.6. The molecular weight excluding hydrogens is 316 g/mol. The van der Waals surface area contributed by atoms with E-state index < -0.39 is 0 Å². The second kappa shape index (κ2) is 7.39. The summed E-state index contributed by atoms with van der Waals surface area (Å²) in [6.07, 6.45) is 6.60. The zero-order chi connectivity index (χ0) is 18.1. The SMILES string of the molecule is Cc1cccc([C@H](CC(=O)C[C@@H](c2cccc(C)c2)C2CC2)C2CC2)c1. The predicted molar refractivity (Wildman–Crippen MR) is 108 cm³/mol. The minimum absolute atomic E-state index is 0.430. The van der Waals surface area contributed by atoms with Crippen molar-refractivity contribution in [3.05, 3.63) is 70.8 Å². The molecule has 0 aliphatic heterocycles. The molecule has 2 fully saturated rings. The molecule has 1 nitrogen and oxygen atoms in total. The second-order valence-corrected chi connectivity index (χ2v) is 8.66. The molecule has 0 radical (unpaired) electrons. The average molecular weight is 347 g/mol. The molecule has 0 amide bonds. The van der Waals surface area contributed by atoms with Gasteiger partial charge in [0.25, 0.3) is 0 Å². The molecule has 0 saturated heterocycles. The maximum Gasteiger partial charge on any atom is 0.134 e. The van der Waals surface area contributed by atoms with Gasteiger partial charge in [0.15, 0.2) is 0 Å². The molecule has 1 heteroatoms. The van der Waals surface area contributed by atoms with Crippen LogP contribution < -0.4 is 0 Å². The Hall–Kier alpha value is -1.89. The Morgan fingerprint density at radius 3 is 1.58 bits per heavy atom. The highest BCUT2D eigenvalue weighted by molar-refractivity contribution is 5.80. The van der Waals surface area contributed by atoms with Crippen molar-refractivity contribution in [2.45, 2.75) is 64.2 Å². The van der Waals surface area contributed by atoms with Crippen LogP contribution in [0.4, 0.5) is 0 Å². The lowest BCUT2D eigenvalue weighted by Crippen LogP contribution is -2.14. The van der Waals surface area contributed by atoms with Crippen molar-refractivity contribution in [2.24, 2.45) is 11.8 Å². The van der Waals surface area contributed by atoms with Gasteiger partial charge in [-0.2, -0.15) is 0 Å². The highest BCUT2D eigenvalue weighted by Gasteiger charge is 2.37. The van der Waals surface area contributed by atoms with Gasteiger partial charge >= 0.3 is 0 Å². The van der Waals surface area contributed by atoms with Crippen molar-refractivity contribution in [1.29, 1.82) is 0 Å². The second-order valence-electron chi connectivity index (χ2n) is 8.66. The van der Waals surface area contributed by atoms with Gasteiger partial charge in [-0.1, -0.05) is 59.7 Å². The summed E-state index contributed by atoms with van der Waals surface area (Å²) >= 11 is 0. The lowest BCUT2D eigenvalue weighted by molar-refractivity contribution is -0.120. The Morgan fingerprint density at radius 2 is 1.23 bits per heavy atom. The van der Waals surface area contributed by atoms with Gasteiger partial charge in [0, 0.05) is 12.8 Å². The van der Waals surface area contributed by atoms with Crippen molar-refractivity contribution < 1.29 is 4.79 Å². The Bertz CT molecular complexity index is 717. The lowest BCUT2D eigenvalue weighted by Gasteiger charge is -2.20. The minimum atomic E-state index is 0.430. The van der Waals surface area contributed by atoms with E-state index >= 15 is 0 Å². The Morgan fingerprint density at radius 1 is 0.808 bits per heavy atom. The van der Waals surface area contributed by atoms with Gasteiger partial charge in [0.05, 0.1) is 0 Å². The van der Waals surface area contributed by atoms with Crippen LogP contribution in [0.15, 0.2) is 48.5 Å². The third-order valence-electron chi connectivity index (χ3n) is 6.22. The maximum absolute atomic E-state index is 13.0. The maximum atomic E-state index is 13.0. The van der Waals surface area contributed by atoms with Gasteiger partial charge in [0.2, 0.25) is 0 Å². The summed E-state index contributed by atoms with van der Waals surface area (Å²) in [5.41, 5.74) is 5.35. The number of hydrogen-bond donors (Lipinski definition) is 0. The molecule has 0 aromatic heterocycles. The predicted octanol–water partition coefficient (Wildman–Crippen LogP) is 6.34. The monoisotopic (exact) mass is 346 g/mol. The normalized spacial score (nSPS) is 19.2.